The van der Waals surface area contributed by atoms with Gasteiger partial charge < -0.3 is 10.2 Å². The first-order valence-corrected chi connectivity index (χ1v) is 11.9. The number of piperidine rings is 1. The molecule has 2 aliphatic rings. The number of rotatable bonds is 6. The number of amides is 1. The van der Waals surface area contributed by atoms with Gasteiger partial charge in [-0.25, -0.2) is 14.3 Å². The maximum absolute atomic E-state index is 13.5. The summed E-state index contributed by atoms with van der Waals surface area (Å²) in [4.78, 5) is 20.6. The van der Waals surface area contributed by atoms with E-state index in [2.05, 4.69) is 32.6 Å². The molecule has 9 nitrogen and oxygen atoms in total. The van der Waals surface area contributed by atoms with Crippen LogP contribution in [0.1, 0.15) is 67.4 Å². The number of benzene rings is 1. The van der Waals surface area contributed by atoms with E-state index in [0.29, 0.717) is 28.2 Å². The van der Waals surface area contributed by atoms with Crippen LogP contribution in [0.25, 0.3) is 22.1 Å². The molecule has 1 saturated heterocycles. The number of nitrogens with zero attached hydrogens (tertiary/aromatic N) is 6. The van der Waals surface area contributed by atoms with Gasteiger partial charge >= 0.3 is 0 Å². The molecule has 1 amide bonds. The number of aromatic nitrogens is 5. The molecule has 0 spiro atoms. The van der Waals surface area contributed by atoms with Crippen molar-refractivity contribution in [2.45, 2.75) is 57.9 Å². The Balaban J connectivity index is 1.36. The molecule has 9 heteroatoms. The third-order valence-corrected chi connectivity index (χ3v) is 6.64. The van der Waals surface area contributed by atoms with E-state index in [-0.39, 0.29) is 5.91 Å². The van der Waals surface area contributed by atoms with Crippen LogP contribution in [0.3, 0.4) is 0 Å². The van der Waals surface area contributed by atoms with Crippen LogP contribution in [0.4, 0.5) is 11.4 Å². The highest BCUT2D eigenvalue weighted by Gasteiger charge is 2.28. The lowest BCUT2D eigenvalue weighted by Crippen LogP contribution is -2.29. The van der Waals surface area contributed by atoms with Gasteiger partial charge in [0.05, 0.1) is 28.5 Å². The highest BCUT2D eigenvalue weighted by atomic mass is 16.6. The summed E-state index contributed by atoms with van der Waals surface area (Å²) in [5.41, 5.74) is 5.20. The summed E-state index contributed by atoms with van der Waals surface area (Å²) in [5.74, 6) is 0.233. The van der Waals surface area contributed by atoms with Crippen LogP contribution in [0, 0.1) is 0 Å². The van der Waals surface area contributed by atoms with Crippen molar-refractivity contribution in [1.29, 1.82) is 0 Å². The molecule has 0 bridgehead atoms. The van der Waals surface area contributed by atoms with Gasteiger partial charge in [0.1, 0.15) is 0 Å². The first-order chi connectivity index (χ1) is 16.2. The molecule has 1 aliphatic heterocycles. The van der Waals surface area contributed by atoms with Gasteiger partial charge in [0.15, 0.2) is 16.7 Å². The quantitative estimate of drug-likeness (QED) is 0.466. The zero-order chi connectivity index (χ0) is 22.4. The van der Waals surface area contributed by atoms with Gasteiger partial charge in [-0.3, -0.25) is 4.79 Å². The number of hydrogen-bond donors (Lipinski definition) is 1. The summed E-state index contributed by atoms with van der Waals surface area (Å²) in [6, 6.07) is 5.83. The number of anilines is 2. The highest BCUT2D eigenvalue weighted by molar-refractivity contribution is 6.14. The summed E-state index contributed by atoms with van der Waals surface area (Å²) in [5, 5.41) is 16.6. The van der Waals surface area contributed by atoms with E-state index in [9.17, 15) is 4.79 Å². The molecule has 2 fully saturated rings. The molecule has 33 heavy (non-hydrogen) atoms. The second-order valence-corrected chi connectivity index (χ2v) is 9.07. The summed E-state index contributed by atoms with van der Waals surface area (Å²) in [6.07, 6.45) is 8.51. The molecule has 1 aromatic carbocycles. The lowest BCUT2D eigenvalue weighted by Gasteiger charge is -2.28. The van der Waals surface area contributed by atoms with Gasteiger partial charge in [0, 0.05) is 31.2 Å². The van der Waals surface area contributed by atoms with Gasteiger partial charge in [-0.2, -0.15) is 5.10 Å². The zero-order valence-electron chi connectivity index (χ0n) is 18.8. The van der Waals surface area contributed by atoms with Gasteiger partial charge in [-0.15, -0.1) is 0 Å². The Bertz CT molecular complexity index is 1330. The Hall–Kier alpha value is -3.49. The first kappa shape index (κ1) is 20.1. The van der Waals surface area contributed by atoms with Crippen molar-refractivity contribution in [3.8, 4) is 0 Å². The summed E-state index contributed by atoms with van der Waals surface area (Å²) in [7, 11) is 0. The molecule has 4 aromatic rings. The van der Waals surface area contributed by atoms with Crippen molar-refractivity contribution >= 4 is 39.3 Å². The maximum Gasteiger partial charge on any atom is 0.256 e. The third-order valence-electron chi connectivity index (χ3n) is 6.64. The number of pyridine rings is 1. The predicted octanol–water partition coefficient (Wildman–Crippen LogP) is 4.50. The SMILES string of the molecule is CCCn1ncc2c(C(=O)Nc3ccc(N4CCCCC4)c4nonc34)cc(C3CC3)nc21. The fraction of sp³-hybridized carbons (Fsp3) is 0.458. The number of carbonyl (C=O) groups is 1. The fourth-order valence-electron chi connectivity index (χ4n) is 4.75. The van der Waals surface area contributed by atoms with Crippen LogP contribution in [-0.2, 0) is 6.54 Å². The number of aryl methyl sites for hydroxylation is 1. The summed E-state index contributed by atoms with van der Waals surface area (Å²) in [6.45, 7) is 4.87. The largest absolute Gasteiger partial charge is 0.370 e. The summed E-state index contributed by atoms with van der Waals surface area (Å²) >= 11 is 0. The standard InChI is InChI=1S/C24H27N7O2/c1-2-10-31-23-17(14-25-31)16(13-19(26-23)15-6-7-15)24(32)27-18-8-9-20(22-21(18)28-33-29-22)30-11-4-3-5-12-30/h8-9,13-15H,2-7,10-12H2,1H3,(H,27,32). The van der Waals surface area contributed by atoms with Crippen LogP contribution in [-0.4, -0.2) is 44.1 Å². The van der Waals surface area contributed by atoms with E-state index in [1.807, 2.05) is 22.9 Å². The van der Waals surface area contributed by atoms with Crippen LogP contribution < -0.4 is 10.2 Å². The third kappa shape index (κ3) is 3.61. The molecule has 0 radical (unpaired) electrons. The topological polar surface area (TPSA) is 102 Å². The van der Waals surface area contributed by atoms with Crippen LogP contribution in [0.15, 0.2) is 29.0 Å². The molecular formula is C24H27N7O2. The summed E-state index contributed by atoms with van der Waals surface area (Å²) < 4.78 is 6.98. The number of nitrogens with one attached hydrogen (secondary N) is 1. The zero-order valence-corrected chi connectivity index (χ0v) is 18.8. The molecule has 1 N–H and O–H groups in total. The minimum absolute atomic E-state index is 0.199. The van der Waals surface area contributed by atoms with Crippen molar-refractivity contribution in [2.24, 2.45) is 0 Å². The van der Waals surface area contributed by atoms with Crippen molar-refractivity contribution < 1.29 is 9.42 Å². The Morgan fingerprint density at radius 3 is 2.76 bits per heavy atom. The van der Waals surface area contributed by atoms with Crippen LogP contribution in [0.5, 0.6) is 0 Å². The van der Waals surface area contributed by atoms with Crippen molar-refractivity contribution in [2.75, 3.05) is 23.3 Å². The lowest BCUT2D eigenvalue weighted by molar-refractivity contribution is 0.102. The minimum atomic E-state index is -0.199. The van der Waals surface area contributed by atoms with Crippen molar-refractivity contribution in [1.82, 2.24) is 25.1 Å². The molecule has 170 valence electrons. The van der Waals surface area contributed by atoms with E-state index < -0.39 is 0 Å². The second-order valence-electron chi connectivity index (χ2n) is 9.07. The van der Waals surface area contributed by atoms with Gasteiger partial charge in [-0.1, -0.05) is 6.92 Å². The van der Waals surface area contributed by atoms with Gasteiger partial charge in [0.2, 0.25) is 0 Å². The van der Waals surface area contributed by atoms with Crippen LogP contribution >= 0.6 is 0 Å². The molecule has 0 unspecified atom stereocenters. The first-order valence-electron chi connectivity index (χ1n) is 11.9. The van der Waals surface area contributed by atoms with Gasteiger partial charge in [0.25, 0.3) is 5.91 Å². The molecule has 6 rings (SSSR count). The second kappa shape index (κ2) is 8.13. The number of carbonyl (C=O) groups excluding carboxylic acids is 1. The smallest absolute Gasteiger partial charge is 0.256 e. The maximum atomic E-state index is 13.5. The molecule has 0 atom stereocenters. The van der Waals surface area contributed by atoms with Crippen molar-refractivity contribution in [3.05, 3.63) is 35.7 Å². The van der Waals surface area contributed by atoms with E-state index in [1.165, 1.54) is 19.3 Å². The van der Waals surface area contributed by atoms with E-state index in [4.69, 9.17) is 9.61 Å². The van der Waals surface area contributed by atoms with Gasteiger partial charge in [-0.05, 0) is 67.0 Å². The normalized spacial score (nSPS) is 16.6. The van der Waals surface area contributed by atoms with E-state index in [1.54, 1.807) is 6.20 Å². The molecule has 4 heterocycles. The van der Waals surface area contributed by atoms with Crippen molar-refractivity contribution in [3.63, 3.8) is 0 Å². The molecular weight excluding hydrogens is 418 g/mol. The predicted molar refractivity (Wildman–Crippen MR) is 126 cm³/mol. The highest BCUT2D eigenvalue weighted by Crippen LogP contribution is 2.40. The Morgan fingerprint density at radius 2 is 1.97 bits per heavy atom. The average molecular weight is 446 g/mol. The van der Waals surface area contributed by atoms with E-state index >= 15 is 0 Å². The minimum Gasteiger partial charge on any atom is -0.370 e. The number of fused-ring (bicyclic) bond motifs is 2. The molecule has 1 aliphatic carbocycles. The fourth-order valence-corrected chi connectivity index (χ4v) is 4.75. The lowest BCUT2D eigenvalue weighted by atomic mass is 10.1. The molecule has 3 aromatic heterocycles. The average Bonchev–Trinajstić information content (AvgIpc) is 3.44. The Morgan fingerprint density at radius 1 is 1.15 bits per heavy atom. The molecule has 1 saturated carbocycles. The number of hydrogen-bond acceptors (Lipinski definition) is 7. The monoisotopic (exact) mass is 445 g/mol. The van der Waals surface area contributed by atoms with Crippen LogP contribution in [0.2, 0.25) is 0 Å². The van der Waals surface area contributed by atoms with E-state index in [0.717, 1.165) is 61.3 Å². The Labute approximate surface area is 191 Å². The Kier molecular flexibility index (Phi) is 4.96.